The summed E-state index contributed by atoms with van der Waals surface area (Å²) in [4.78, 5) is 33.3. The number of hydrogen-bond donors (Lipinski definition) is 1. The lowest BCUT2D eigenvalue weighted by molar-refractivity contribution is -0.113. The number of benzene rings is 1. The number of nitrogens with zero attached hydrogens (tertiary/aromatic N) is 3. The highest BCUT2D eigenvalue weighted by atomic mass is 32.2. The number of amides is 1. The number of halogens is 2. The maximum Gasteiger partial charge on any atom is 0.349 e. The van der Waals surface area contributed by atoms with E-state index in [2.05, 4.69) is 15.3 Å². The van der Waals surface area contributed by atoms with Gasteiger partial charge in [-0.3, -0.25) is 14.3 Å². The number of carbonyl (C=O) groups is 1. The number of hydrogen-bond acceptors (Lipinski definition) is 5. The van der Waals surface area contributed by atoms with Crippen LogP contribution in [-0.4, -0.2) is 26.2 Å². The highest BCUT2D eigenvalue weighted by molar-refractivity contribution is 8.00. The van der Waals surface area contributed by atoms with Crippen LogP contribution in [0.25, 0.3) is 0 Å². The van der Waals surface area contributed by atoms with Gasteiger partial charge in [0.05, 0.1) is 18.0 Å². The van der Waals surface area contributed by atoms with Crippen molar-refractivity contribution >= 4 is 23.4 Å². The zero-order valence-corrected chi connectivity index (χ0v) is 16.7. The smallest absolute Gasteiger partial charge is 0.325 e. The van der Waals surface area contributed by atoms with Gasteiger partial charge in [0.1, 0.15) is 5.03 Å². The van der Waals surface area contributed by atoms with E-state index in [1.807, 2.05) is 18.2 Å². The summed E-state index contributed by atoms with van der Waals surface area (Å²) < 4.78 is 27.9. The minimum Gasteiger partial charge on any atom is -0.325 e. The Kier molecular flexibility index (Phi) is 5.89. The molecule has 154 valence electrons. The van der Waals surface area contributed by atoms with E-state index >= 15 is 0 Å². The third kappa shape index (κ3) is 4.40. The Morgan fingerprint density at radius 1 is 1.17 bits per heavy atom. The fourth-order valence-electron chi connectivity index (χ4n) is 3.43. The van der Waals surface area contributed by atoms with E-state index in [4.69, 9.17) is 0 Å². The summed E-state index contributed by atoms with van der Waals surface area (Å²) in [5.74, 6) is -2.40. The minimum absolute atomic E-state index is 0.00211. The van der Waals surface area contributed by atoms with Crippen molar-refractivity contribution in [2.24, 2.45) is 0 Å². The normalized spacial score (nSPS) is 12.6. The summed E-state index contributed by atoms with van der Waals surface area (Å²) in [5, 5.41) is 3.07. The molecule has 0 fully saturated rings. The first-order valence-electron chi connectivity index (χ1n) is 9.41. The lowest BCUT2D eigenvalue weighted by Gasteiger charge is -2.14. The van der Waals surface area contributed by atoms with Gasteiger partial charge >= 0.3 is 5.69 Å². The Balaban J connectivity index is 1.49. The van der Waals surface area contributed by atoms with Crippen molar-refractivity contribution in [1.29, 1.82) is 0 Å². The lowest BCUT2D eigenvalue weighted by atomic mass is 10.2. The van der Waals surface area contributed by atoms with E-state index in [0.717, 1.165) is 48.3 Å². The third-order valence-corrected chi connectivity index (χ3v) is 5.81. The zero-order valence-electron chi connectivity index (χ0n) is 15.9. The average Bonchev–Trinajstić information content (AvgIpc) is 3.22. The molecule has 2 aromatic heterocycles. The first-order chi connectivity index (χ1) is 14.5. The van der Waals surface area contributed by atoms with Crippen molar-refractivity contribution < 1.29 is 13.6 Å². The Morgan fingerprint density at radius 3 is 2.80 bits per heavy atom. The molecule has 6 nitrogen and oxygen atoms in total. The van der Waals surface area contributed by atoms with Gasteiger partial charge in [0.25, 0.3) is 0 Å². The molecule has 9 heteroatoms. The van der Waals surface area contributed by atoms with Gasteiger partial charge in [-0.25, -0.2) is 13.6 Å². The maximum atomic E-state index is 13.3. The van der Waals surface area contributed by atoms with Crippen molar-refractivity contribution in [3.8, 4) is 0 Å². The van der Waals surface area contributed by atoms with Crippen LogP contribution < -0.4 is 11.0 Å². The van der Waals surface area contributed by atoms with E-state index in [9.17, 15) is 18.4 Å². The highest BCUT2D eigenvalue weighted by Gasteiger charge is 2.22. The zero-order chi connectivity index (χ0) is 21.1. The second-order valence-corrected chi connectivity index (χ2v) is 7.82. The molecule has 3 aromatic rings. The summed E-state index contributed by atoms with van der Waals surface area (Å²) in [6.45, 7) is 0.358. The Hall–Kier alpha value is -3.07. The van der Waals surface area contributed by atoms with Gasteiger partial charge in [-0.05, 0) is 43.5 Å². The monoisotopic (exact) mass is 428 g/mol. The van der Waals surface area contributed by atoms with E-state index in [1.54, 1.807) is 10.8 Å². The van der Waals surface area contributed by atoms with Crippen molar-refractivity contribution in [1.82, 2.24) is 14.5 Å². The lowest BCUT2D eigenvalue weighted by Crippen LogP contribution is -2.28. The minimum atomic E-state index is -1.03. The Bertz CT molecular complexity index is 1150. The number of anilines is 1. The summed E-state index contributed by atoms with van der Waals surface area (Å²) in [6, 6.07) is 8.71. The molecule has 1 N–H and O–H groups in total. The van der Waals surface area contributed by atoms with Crippen LogP contribution in [0.1, 0.15) is 23.4 Å². The highest BCUT2D eigenvalue weighted by Crippen LogP contribution is 2.29. The van der Waals surface area contributed by atoms with Gasteiger partial charge in [-0.2, -0.15) is 4.98 Å². The molecular weight excluding hydrogens is 410 g/mol. The molecule has 30 heavy (non-hydrogen) atoms. The first kappa shape index (κ1) is 20.2. The average molecular weight is 428 g/mol. The molecule has 2 heterocycles. The molecule has 0 spiro atoms. The number of pyridine rings is 1. The van der Waals surface area contributed by atoms with E-state index in [0.29, 0.717) is 11.6 Å². The van der Waals surface area contributed by atoms with Gasteiger partial charge in [0.2, 0.25) is 5.91 Å². The second-order valence-electron chi connectivity index (χ2n) is 6.85. The molecule has 0 atom stereocenters. The first-order valence-corrected chi connectivity index (χ1v) is 10.4. The number of carbonyl (C=O) groups excluding carboxylic acids is 1. The van der Waals surface area contributed by atoms with Gasteiger partial charge in [-0.15, -0.1) is 0 Å². The molecule has 4 rings (SSSR count). The summed E-state index contributed by atoms with van der Waals surface area (Å²) in [6.07, 6.45) is 4.16. The van der Waals surface area contributed by atoms with Crippen LogP contribution in [0.2, 0.25) is 0 Å². The molecule has 1 aliphatic rings. The van der Waals surface area contributed by atoms with Crippen LogP contribution in [0.4, 0.5) is 14.5 Å². The van der Waals surface area contributed by atoms with Gasteiger partial charge in [-0.1, -0.05) is 17.8 Å². The predicted molar refractivity (Wildman–Crippen MR) is 110 cm³/mol. The third-order valence-electron chi connectivity index (χ3n) is 4.79. The number of rotatable bonds is 6. The number of nitrogens with one attached hydrogen (secondary N) is 1. The Labute approximate surface area is 175 Å². The van der Waals surface area contributed by atoms with Crippen molar-refractivity contribution in [2.45, 2.75) is 30.8 Å². The van der Waals surface area contributed by atoms with E-state index < -0.39 is 17.5 Å². The summed E-state index contributed by atoms with van der Waals surface area (Å²) >= 11 is 1.17. The molecule has 0 unspecified atom stereocenters. The standard InChI is InChI=1S/C21H18F2N4O2S/c22-16-8-7-13(10-17(16)23)25-19(28)12-30-20-15-5-3-6-18(15)27(21(29)26-20)11-14-4-1-2-9-24-14/h1-2,4,7-10H,3,5-6,11-12H2,(H,25,28). The molecular formula is C21H18F2N4O2S. The number of aromatic nitrogens is 3. The van der Waals surface area contributed by atoms with Crippen LogP contribution in [0.3, 0.4) is 0 Å². The van der Waals surface area contributed by atoms with E-state index in [-0.39, 0.29) is 17.1 Å². The molecule has 1 aliphatic carbocycles. The number of fused-ring (bicyclic) bond motifs is 1. The van der Waals surface area contributed by atoms with Crippen molar-refractivity contribution in [3.05, 3.63) is 81.7 Å². The van der Waals surface area contributed by atoms with Gasteiger partial charge in [0, 0.05) is 29.2 Å². The summed E-state index contributed by atoms with van der Waals surface area (Å²) in [5.41, 5.74) is 2.50. The second kappa shape index (κ2) is 8.74. The van der Waals surface area contributed by atoms with Crippen LogP contribution in [0.15, 0.2) is 52.4 Å². The van der Waals surface area contributed by atoms with Crippen molar-refractivity contribution in [3.63, 3.8) is 0 Å². The largest absolute Gasteiger partial charge is 0.349 e. The fourth-order valence-corrected chi connectivity index (χ4v) is 4.30. The Morgan fingerprint density at radius 2 is 2.03 bits per heavy atom. The number of thioether (sulfide) groups is 1. The van der Waals surface area contributed by atoms with Gasteiger partial charge < -0.3 is 5.32 Å². The van der Waals surface area contributed by atoms with Crippen LogP contribution in [0.5, 0.6) is 0 Å². The van der Waals surface area contributed by atoms with Gasteiger partial charge in [0.15, 0.2) is 11.6 Å². The van der Waals surface area contributed by atoms with Crippen LogP contribution in [-0.2, 0) is 24.2 Å². The van der Waals surface area contributed by atoms with Crippen LogP contribution in [0, 0.1) is 11.6 Å². The molecule has 0 bridgehead atoms. The molecule has 0 saturated heterocycles. The molecule has 0 aliphatic heterocycles. The maximum absolute atomic E-state index is 13.3. The molecule has 1 amide bonds. The molecule has 0 radical (unpaired) electrons. The predicted octanol–water partition coefficient (Wildman–Crippen LogP) is 3.18. The van der Waals surface area contributed by atoms with Crippen molar-refractivity contribution in [2.75, 3.05) is 11.1 Å². The summed E-state index contributed by atoms with van der Waals surface area (Å²) in [7, 11) is 0. The fraction of sp³-hybridized carbons (Fsp3) is 0.238. The van der Waals surface area contributed by atoms with Crippen LogP contribution >= 0.6 is 11.8 Å². The molecule has 0 saturated carbocycles. The molecule has 1 aromatic carbocycles. The van der Waals surface area contributed by atoms with E-state index in [1.165, 1.54) is 17.8 Å². The topological polar surface area (TPSA) is 76.9 Å². The quantitative estimate of drug-likeness (QED) is 0.482. The SMILES string of the molecule is O=C(CSc1nc(=O)n(Cc2ccccn2)c2c1CCC2)Nc1ccc(F)c(F)c1.